The van der Waals surface area contributed by atoms with Gasteiger partial charge in [-0.15, -0.1) is 0 Å². The van der Waals surface area contributed by atoms with Gasteiger partial charge in [-0.1, -0.05) is 391 Å². The summed E-state index contributed by atoms with van der Waals surface area (Å²) in [5, 5.41) is 20.7. The van der Waals surface area contributed by atoms with Crippen molar-refractivity contribution >= 4 is 33.6 Å². The third-order valence-corrected chi connectivity index (χ3v) is 21.9. The smallest absolute Gasteiger partial charge is 0.463 e. The van der Waals surface area contributed by atoms with E-state index < -0.39 is 91.5 Å². The van der Waals surface area contributed by atoms with Gasteiger partial charge in [0.25, 0.3) is 0 Å². The number of aliphatic hydroxyl groups is 2. The second kappa shape index (κ2) is 90.7. The summed E-state index contributed by atoms with van der Waals surface area (Å²) in [7, 11) is -9.80. The molecule has 674 valence electrons. The topological polar surface area (TPSA) is 231 Å². The van der Waals surface area contributed by atoms with Crippen molar-refractivity contribution in [1.29, 1.82) is 0 Å². The van der Waals surface area contributed by atoms with Crippen LogP contribution in [0.5, 0.6) is 0 Å². The standard InChI is InChI=1S/C99H172O16P2/c1-4-7-10-13-16-19-22-25-27-29-31-33-35-37-39-41-43-45-46-48-50-51-53-55-57-59-61-63-65-68-70-73-76-79-82-85-97(102)109-88-94(100)89-111-116(105,106)112-90-95(101)91-113-117(107,108)114-93-96(115-99(104)87-84-81-78-75-72-67-24-21-18-15-12-9-6-3)92-110-98(103)86-83-80-77-74-71-69-66-64-62-60-58-56-54-52-49-47-44-42-40-38-36-34-32-30-28-26-23-20-17-14-11-8-5-2/h8,11-12,15-17,19-21,24-28,31-34,37-40,44,47,94-96,100-101H,4-7,9-10,13-14,18,22-23,29-30,35-36,41-43,45-46,48-93H2,1-3H3,(H,105,106)(H,107,108)/b11-8-,15-12-,19-16-,20-17-,24-21-,27-25-,28-26-,33-31-,34-32-,39-37-,40-38-,47-44-. The van der Waals surface area contributed by atoms with Crippen molar-refractivity contribution in [3.8, 4) is 0 Å². The average molecular weight is 1680 g/mol. The van der Waals surface area contributed by atoms with E-state index in [1.165, 1.54) is 186 Å². The first-order valence-corrected chi connectivity index (χ1v) is 50.1. The number of carbonyl (C=O) groups excluding carboxylic acids is 3. The van der Waals surface area contributed by atoms with Gasteiger partial charge in [0.05, 0.1) is 26.4 Å². The van der Waals surface area contributed by atoms with Crippen molar-refractivity contribution in [1.82, 2.24) is 0 Å². The number of hydrogen-bond acceptors (Lipinski definition) is 14. The van der Waals surface area contributed by atoms with Crippen molar-refractivity contribution in [2.75, 3.05) is 39.6 Å². The van der Waals surface area contributed by atoms with Crippen LogP contribution in [0.4, 0.5) is 0 Å². The molecule has 0 aliphatic carbocycles. The molecule has 5 atom stereocenters. The highest BCUT2D eigenvalue weighted by Crippen LogP contribution is 2.45. The summed E-state index contributed by atoms with van der Waals surface area (Å²) in [6.07, 6.45) is 115. The Labute approximate surface area is 715 Å². The quantitative estimate of drug-likeness (QED) is 0.0146. The molecule has 0 aliphatic rings. The normalized spacial score (nSPS) is 14.4. The molecular formula is C99H172O16P2. The second-order valence-corrected chi connectivity index (χ2v) is 34.3. The Hall–Kier alpha value is -4.57. The van der Waals surface area contributed by atoms with Crippen molar-refractivity contribution in [2.45, 2.75) is 424 Å². The predicted molar refractivity (Wildman–Crippen MR) is 491 cm³/mol. The minimum absolute atomic E-state index is 0.0873. The van der Waals surface area contributed by atoms with Crippen LogP contribution in [-0.2, 0) is 55.8 Å². The molecule has 0 rings (SSSR count). The Morgan fingerprint density at radius 1 is 0.248 bits per heavy atom. The van der Waals surface area contributed by atoms with E-state index >= 15 is 0 Å². The number of phosphoric acid groups is 2. The Balaban J connectivity index is 4.37. The summed E-state index contributed by atoms with van der Waals surface area (Å²) in [5.74, 6) is -1.58. The number of carbonyl (C=O) groups is 3. The number of phosphoric ester groups is 2. The number of esters is 3. The van der Waals surface area contributed by atoms with Gasteiger partial charge in [-0.25, -0.2) is 9.13 Å². The van der Waals surface area contributed by atoms with Crippen LogP contribution in [0.15, 0.2) is 146 Å². The maximum Gasteiger partial charge on any atom is 0.472 e. The van der Waals surface area contributed by atoms with Crippen LogP contribution >= 0.6 is 15.6 Å². The molecule has 5 unspecified atom stereocenters. The lowest BCUT2D eigenvalue weighted by Gasteiger charge is -2.21. The molecule has 0 saturated heterocycles. The molecular weight excluding hydrogens is 1510 g/mol. The fourth-order valence-electron chi connectivity index (χ4n) is 12.9. The number of allylic oxidation sites excluding steroid dienone is 24. The van der Waals surface area contributed by atoms with E-state index in [2.05, 4.69) is 167 Å². The summed E-state index contributed by atoms with van der Waals surface area (Å²) in [5.41, 5.74) is 0. The van der Waals surface area contributed by atoms with Crippen LogP contribution in [-0.4, -0.2) is 95.9 Å². The van der Waals surface area contributed by atoms with E-state index in [1.54, 1.807) is 0 Å². The van der Waals surface area contributed by atoms with Gasteiger partial charge in [-0.3, -0.25) is 32.5 Å². The molecule has 0 aromatic heterocycles. The Kier molecular flexibility index (Phi) is 87.1. The van der Waals surface area contributed by atoms with Crippen molar-refractivity contribution in [3.63, 3.8) is 0 Å². The monoisotopic (exact) mass is 1680 g/mol. The Morgan fingerprint density at radius 3 is 0.752 bits per heavy atom. The highest BCUT2D eigenvalue weighted by molar-refractivity contribution is 7.47. The molecule has 0 bridgehead atoms. The van der Waals surface area contributed by atoms with Crippen molar-refractivity contribution in [3.05, 3.63) is 146 Å². The van der Waals surface area contributed by atoms with Crippen LogP contribution in [0.25, 0.3) is 0 Å². The summed E-state index contributed by atoms with van der Waals surface area (Å²) < 4.78 is 61.4. The van der Waals surface area contributed by atoms with Gasteiger partial charge in [0.15, 0.2) is 6.10 Å². The van der Waals surface area contributed by atoms with E-state index in [0.717, 1.165) is 161 Å². The van der Waals surface area contributed by atoms with Gasteiger partial charge in [-0.2, -0.15) is 0 Å². The lowest BCUT2D eigenvalue weighted by atomic mass is 10.0. The molecule has 16 nitrogen and oxygen atoms in total. The number of unbranched alkanes of at least 4 members (excludes halogenated alkanes) is 42. The highest BCUT2D eigenvalue weighted by atomic mass is 31.2. The third kappa shape index (κ3) is 92.0. The van der Waals surface area contributed by atoms with Crippen LogP contribution in [0.2, 0.25) is 0 Å². The molecule has 18 heteroatoms. The SMILES string of the molecule is CC/C=C\C/C=C\C/C=C\C/C=C\C/C=C\C/C=C\CCCCCCCCCCCCCCCCC(=O)OCC(COP(=O)(O)OCC(O)COP(=O)(O)OCC(O)COC(=O)CCCCCCCCCCCCCCCCCCCCC/C=C\C/C=C\C/C=C\C/C=C\CCCCC)OC(=O)CCCCCCC/C=C\C/C=C\CCC. The maximum atomic E-state index is 13.0. The largest absolute Gasteiger partial charge is 0.472 e. The molecule has 0 fully saturated rings. The van der Waals surface area contributed by atoms with Gasteiger partial charge in [0.1, 0.15) is 25.4 Å². The Bertz CT molecular complexity index is 2710. The lowest BCUT2D eigenvalue weighted by Crippen LogP contribution is -2.30. The average Bonchev–Trinajstić information content (AvgIpc) is 0.898. The first-order valence-electron chi connectivity index (χ1n) is 47.1. The van der Waals surface area contributed by atoms with E-state index in [-0.39, 0.29) is 19.3 Å². The molecule has 4 N–H and O–H groups in total. The summed E-state index contributed by atoms with van der Waals surface area (Å²) in [6.45, 7) is 2.51. The van der Waals surface area contributed by atoms with Crippen LogP contribution < -0.4 is 0 Å². The molecule has 0 spiro atoms. The summed E-state index contributed by atoms with van der Waals surface area (Å²) >= 11 is 0. The minimum Gasteiger partial charge on any atom is -0.463 e. The first-order chi connectivity index (χ1) is 57.2. The van der Waals surface area contributed by atoms with Gasteiger partial charge in [0.2, 0.25) is 0 Å². The fourth-order valence-corrected chi connectivity index (χ4v) is 14.5. The third-order valence-electron chi connectivity index (χ3n) is 20.0. The maximum absolute atomic E-state index is 13.0. The molecule has 0 aromatic rings. The summed E-state index contributed by atoms with van der Waals surface area (Å²) in [4.78, 5) is 58.9. The van der Waals surface area contributed by atoms with Gasteiger partial charge in [0, 0.05) is 19.3 Å². The molecule has 0 radical (unpaired) electrons. The summed E-state index contributed by atoms with van der Waals surface area (Å²) in [6, 6.07) is 0. The molecule has 117 heavy (non-hydrogen) atoms. The van der Waals surface area contributed by atoms with Crippen molar-refractivity contribution < 1.29 is 75.8 Å². The predicted octanol–water partition coefficient (Wildman–Crippen LogP) is 29.1. The number of ether oxygens (including phenoxy) is 3. The molecule has 0 amide bonds. The number of rotatable bonds is 89. The second-order valence-electron chi connectivity index (χ2n) is 31.4. The fraction of sp³-hybridized carbons (Fsp3) is 0.727. The Morgan fingerprint density at radius 2 is 0.470 bits per heavy atom. The van der Waals surface area contributed by atoms with Crippen molar-refractivity contribution in [2.24, 2.45) is 0 Å². The molecule has 0 aromatic carbocycles. The molecule has 0 saturated carbocycles. The zero-order valence-electron chi connectivity index (χ0n) is 74.3. The van der Waals surface area contributed by atoms with Crippen LogP contribution in [0, 0.1) is 0 Å². The zero-order valence-corrected chi connectivity index (χ0v) is 76.1. The first kappa shape index (κ1) is 112. The molecule has 0 aliphatic heterocycles. The van der Waals surface area contributed by atoms with E-state index in [1.807, 2.05) is 0 Å². The van der Waals surface area contributed by atoms with Gasteiger partial charge in [-0.05, 0) is 141 Å². The number of hydrogen-bond donors (Lipinski definition) is 4. The van der Waals surface area contributed by atoms with E-state index in [9.17, 15) is 43.5 Å². The van der Waals surface area contributed by atoms with Crippen LogP contribution in [0.3, 0.4) is 0 Å². The van der Waals surface area contributed by atoms with E-state index in [0.29, 0.717) is 19.3 Å². The molecule has 0 heterocycles. The van der Waals surface area contributed by atoms with Gasteiger partial charge < -0.3 is 34.2 Å². The number of aliphatic hydroxyl groups excluding tert-OH is 2. The zero-order chi connectivity index (χ0) is 85.1. The highest BCUT2D eigenvalue weighted by Gasteiger charge is 2.30. The van der Waals surface area contributed by atoms with Gasteiger partial charge >= 0.3 is 33.6 Å². The van der Waals surface area contributed by atoms with Crippen LogP contribution in [0.1, 0.15) is 406 Å². The van der Waals surface area contributed by atoms with E-state index in [4.69, 9.17) is 32.3 Å². The minimum atomic E-state index is -4.94. The lowest BCUT2D eigenvalue weighted by molar-refractivity contribution is -0.161.